The lowest BCUT2D eigenvalue weighted by Crippen LogP contribution is -2.25. The van der Waals surface area contributed by atoms with Gasteiger partial charge in [0, 0.05) is 29.5 Å². The number of aromatic nitrogens is 1. The molecule has 114 valence electrons. The zero-order chi connectivity index (χ0) is 15.2. The Bertz CT molecular complexity index is 551. The number of nitrogens with two attached hydrogens (primary N) is 1. The quantitative estimate of drug-likeness (QED) is 0.833. The van der Waals surface area contributed by atoms with Gasteiger partial charge in [-0.3, -0.25) is 0 Å². The number of rotatable bonds is 7. The highest BCUT2D eigenvalue weighted by Crippen LogP contribution is 2.18. The molecule has 0 aliphatic heterocycles. The van der Waals surface area contributed by atoms with E-state index in [-0.39, 0.29) is 6.04 Å². The second-order valence-electron chi connectivity index (χ2n) is 5.30. The molecule has 0 aliphatic rings. The summed E-state index contributed by atoms with van der Waals surface area (Å²) in [7, 11) is 4.14. The first-order valence-electron chi connectivity index (χ1n) is 7.00. The first-order chi connectivity index (χ1) is 10.1. The predicted octanol–water partition coefficient (Wildman–Crippen LogP) is 2.89. The monoisotopic (exact) mass is 351 g/mol. The molecule has 0 saturated carbocycles. The molecule has 0 spiro atoms. The molecule has 0 fully saturated rings. The first kappa shape index (κ1) is 16.1. The lowest BCUT2D eigenvalue weighted by molar-refractivity contribution is 0.283. The Morgan fingerprint density at radius 2 is 1.95 bits per heavy atom. The van der Waals surface area contributed by atoms with Crippen LogP contribution in [0.3, 0.4) is 0 Å². The highest BCUT2D eigenvalue weighted by atomic mass is 79.9. The van der Waals surface area contributed by atoms with Crippen LogP contribution >= 0.6 is 15.9 Å². The molecule has 1 atom stereocenters. The van der Waals surface area contributed by atoms with E-state index in [0.717, 1.165) is 29.0 Å². The van der Waals surface area contributed by atoms with Crippen molar-refractivity contribution < 1.29 is 4.74 Å². The third-order valence-electron chi connectivity index (χ3n) is 3.28. The molecular weight excluding hydrogens is 330 g/mol. The van der Waals surface area contributed by atoms with E-state index < -0.39 is 0 Å². The van der Waals surface area contributed by atoms with Crippen molar-refractivity contribution in [3.8, 4) is 5.75 Å². The van der Waals surface area contributed by atoms with Crippen LogP contribution in [0.25, 0.3) is 0 Å². The van der Waals surface area contributed by atoms with Gasteiger partial charge in [-0.05, 0) is 50.5 Å². The predicted molar refractivity (Wildman–Crippen MR) is 89.6 cm³/mol. The standard InChI is InChI=1S/C16H22BrN3O/c1-19(2)10-11-20-9-3-4-16(20)15(18)12-21-14-7-5-13(17)6-8-14/h3-9,15H,10-12,18H2,1-2H3. The number of halogens is 1. The van der Waals surface area contributed by atoms with Gasteiger partial charge < -0.3 is 19.9 Å². The van der Waals surface area contributed by atoms with Gasteiger partial charge in [0.1, 0.15) is 12.4 Å². The van der Waals surface area contributed by atoms with Gasteiger partial charge in [-0.2, -0.15) is 0 Å². The molecule has 1 unspecified atom stereocenters. The van der Waals surface area contributed by atoms with Crippen molar-refractivity contribution in [3.63, 3.8) is 0 Å². The molecule has 0 amide bonds. The van der Waals surface area contributed by atoms with Crippen LogP contribution in [0.2, 0.25) is 0 Å². The van der Waals surface area contributed by atoms with Crippen LogP contribution in [-0.4, -0.2) is 36.7 Å². The molecule has 1 aromatic heterocycles. The van der Waals surface area contributed by atoms with E-state index in [1.807, 2.05) is 30.3 Å². The molecule has 0 radical (unpaired) electrons. The second kappa shape index (κ2) is 7.64. The van der Waals surface area contributed by atoms with Crippen LogP contribution in [0.5, 0.6) is 5.75 Å². The summed E-state index contributed by atoms with van der Waals surface area (Å²) in [5.74, 6) is 0.833. The highest BCUT2D eigenvalue weighted by Gasteiger charge is 2.11. The molecule has 0 saturated heterocycles. The van der Waals surface area contributed by atoms with Gasteiger partial charge in [-0.25, -0.2) is 0 Å². The van der Waals surface area contributed by atoms with E-state index in [1.165, 1.54) is 0 Å². The van der Waals surface area contributed by atoms with Crippen molar-refractivity contribution in [1.82, 2.24) is 9.47 Å². The van der Waals surface area contributed by atoms with E-state index in [9.17, 15) is 0 Å². The van der Waals surface area contributed by atoms with Crippen molar-refractivity contribution in [2.75, 3.05) is 27.2 Å². The SMILES string of the molecule is CN(C)CCn1cccc1C(N)COc1ccc(Br)cc1. The van der Waals surface area contributed by atoms with Crippen LogP contribution < -0.4 is 10.5 Å². The molecule has 2 aromatic rings. The normalized spacial score (nSPS) is 12.6. The first-order valence-corrected chi connectivity index (χ1v) is 7.79. The number of hydrogen-bond acceptors (Lipinski definition) is 3. The Labute approximate surface area is 134 Å². The van der Waals surface area contributed by atoms with Crippen molar-refractivity contribution in [1.29, 1.82) is 0 Å². The molecule has 21 heavy (non-hydrogen) atoms. The van der Waals surface area contributed by atoms with Gasteiger partial charge in [0.05, 0.1) is 6.04 Å². The molecule has 0 aliphatic carbocycles. The minimum absolute atomic E-state index is 0.134. The fourth-order valence-electron chi connectivity index (χ4n) is 2.08. The molecule has 2 rings (SSSR count). The van der Waals surface area contributed by atoms with E-state index in [4.69, 9.17) is 10.5 Å². The Morgan fingerprint density at radius 3 is 2.62 bits per heavy atom. The lowest BCUT2D eigenvalue weighted by atomic mass is 10.2. The molecule has 5 heteroatoms. The number of hydrogen-bond donors (Lipinski definition) is 1. The van der Waals surface area contributed by atoms with E-state index in [2.05, 4.69) is 51.8 Å². The van der Waals surface area contributed by atoms with Gasteiger partial charge >= 0.3 is 0 Å². The highest BCUT2D eigenvalue weighted by molar-refractivity contribution is 9.10. The van der Waals surface area contributed by atoms with Crippen molar-refractivity contribution in [3.05, 3.63) is 52.8 Å². The maximum atomic E-state index is 6.26. The largest absolute Gasteiger partial charge is 0.492 e. The third kappa shape index (κ3) is 4.88. The minimum atomic E-state index is -0.134. The summed E-state index contributed by atoms with van der Waals surface area (Å²) in [5, 5.41) is 0. The molecule has 2 N–H and O–H groups in total. The molecular formula is C16H22BrN3O. The number of likely N-dealkylation sites (N-methyl/N-ethyl adjacent to an activating group) is 1. The summed E-state index contributed by atoms with van der Waals surface area (Å²) in [6, 6.07) is 11.7. The Kier molecular flexibility index (Phi) is 5.85. The molecule has 1 aromatic carbocycles. The third-order valence-corrected chi connectivity index (χ3v) is 3.80. The number of ether oxygens (including phenoxy) is 1. The van der Waals surface area contributed by atoms with E-state index in [1.54, 1.807) is 0 Å². The molecule has 1 heterocycles. The van der Waals surface area contributed by atoms with Gasteiger partial charge in [0.2, 0.25) is 0 Å². The topological polar surface area (TPSA) is 43.4 Å². The van der Waals surface area contributed by atoms with Crippen LogP contribution in [-0.2, 0) is 6.54 Å². The average Bonchev–Trinajstić information content (AvgIpc) is 2.92. The van der Waals surface area contributed by atoms with Crippen LogP contribution in [0.15, 0.2) is 47.1 Å². The average molecular weight is 352 g/mol. The second-order valence-corrected chi connectivity index (χ2v) is 6.22. The Balaban J connectivity index is 1.92. The van der Waals surface area contributed by atoms with Gasteiger partial charge in [0.15, 0.2) is 0 Å². The van der Waals surface area contributed by atoms with Crippen LogP contribution in [0.4, 0.5) is 0 Å². The van der Waals surface area contributed by atoms with Crippen molar-refractivity contribution >= 4 is 15.9 Å². The fourth-order valence-corrected chi connectivity index (χ4v) is 2.34. The Morgan fingerprint density at radius 1 is 1.24 bits per heavy atom. The van der Waals surface area contributed by atoms with Gasteiger partial charge in [-0.1, -0.05) is 15.9 Å². The Hall–Kier alpha value is -1.30. The van der Waals surface area contributed by atoms with Crippen LogP contribution in [0, 0.1) is 0 Å². The molecule has 4 nitrogen and oxygen atoms in total. The van der Waals surface area contributed by atoms with E-state index in [0.29, 0.717) is 6.61 Å². The summed E-state index contributed by atoms with van der Waals surface area (Å²) >= 11 is 3.41. The fraction of sp³-hybridized carbons (Fsp3) is 0.375. The smallest absolute Gasteiger partial charge is 0.119 e. The summed E-state index contributed by atoms with van der Waals surface area (Å²) in [6.07, 6.45) is 2.07. The van der Waals surface area contributed by atoms with Crippen molar-refractivity contribution in [2.24, 2.45) is 5.73 Å². The maximum Gasteiger partial charge on any atom is 0.119 e. The zero-order valence-electron chi connectivity index (χ0n) is 12.5. The number of benzene rings is 1. The lowest BCUT2D eigenvalue weighted by Gasteiger charge is -2.18. The van der Waals surface area contributed by atoms with Crippen LogP contribution in [0.1, 0.15) is 11.7 Å². The summed E-state index contributed by atoms with van der Waals surface area (Å²) < 4.78 is 8.99. The maximum absolute atomic E-state index is 6.26. The summed E-state index contributed by atoms with van der Waals surface area (Å²) in [5.41, 5.74) is 7.36. The van der Waals surface area contributed by atoms with Gasteiger partial charge in [-0.15, -0.1) is 0 Å². The molecule has 0 bridgehead atoms. The summed E-state index contributed by atoms with van der Waals surface area (Å²) in [6.45, 7) is 2.39. The zero-order valence-corrected chi connectivity index (χ0v) is 14.1. The van der Waals surface area contributed by atoms with Crippen molar-refractivity contribution in [2.45, 2.75) is 12.6 Å². The summed E-state index contributed by atoms with van der Waals surface area (Å²) in [4.78, 5) is 2.16. The number of nitrogens with zero attached hydrogens (tertiary/aromatic N) is 2. The minimum Gasteiger partial charge on any atom is -0.492 e. The van der Waals surface area contributed by atoms with Gasteiger partial charge in [0.25, 0.3) is 0 Å². The van der Waals surface area contributed by atoms with E-state index >= 15 is 0 Å².